The van der Waals surface area contributed by atoms with Crippen molar-refractivity contribution in [1.82, 2.24) is 9.97 Å². The van der Waals surface area contributed by atoms with E-state index in [2.05, 4.69) is 20.6 Å². The van der Waals surface area contributed by atoms with E-state index in [4.69, 9.17) is 14.6 Å². The summed E-state index contributed by atoms with van der Waals surface area (Å²) in [6.45, 7) is 4.56. The molecule has 0 saturated carbocycles. The summed E-state index contributed by atoms with van der Waals surface area (Å²) in [5, 5.41) is 13.9. The molecule has 0 bridgehead atoms. The van der Waals surface area contributed by atoms with Crippen LogP contribution in [0.4, 0.5) is 11.4 Å². The zero-order chi connectivity index (χ0) is 21.3. The van der Waals surface area contributed by atoms with Crippen molar-refractivity contribution in [3.05, 3.63) is 35.7 Å². The Hall–Kier alpha value is -3.69. The summed E-state index contributed by atoms with van der Waals surface area (Å²) in [6, 6.07) is 6.37. The minimum Gasteiger partial charge on any atom is -0.481 e. The van der Waals surface area contributed by atoms with Gasteiger partial charge in [0.05, 0.1) is 31.3 Å². The Bertz CT molecular complexity index is 869. The van der Waals surface area contributed by atoms with Crippen LogP contribution in [0.1, 0.15) is 30.0 Å². The molecule has 10 nitrogen and oxygen atoms in total. The highest BCUT2D eigenvalue weighted by atomic mass is 16.5. The molecular formula is C18H22N4O6. The fourth-order valence-corrected chi connectivity index (χ4v) is 1.98. The molecule has 3 N–H and O–H groups in total. The van der Waals surface area contributed by atoms with Crippen LogP contribution in [-0.4, -0.2) is 47.1 Å². The molecule has 0 fully saturated rings. The number of aromatic carboxylic acids is 1. The number of carbonyl (C=O) groups is 3. The number of nitrogens with one attached hydrogen (secondary N) is 2. The van der Waals surface area contributed by atoms with Crippen molar-refractivity contribution in [1.29, 1.82) is 0 Å². The number of carbonyl (C=O) groups excluding carboxylic acids is 2. The first-order valence-electron chi connectivity index (χ1n) is 8.03. The minimum atomic E-state index is -1.22. The number of carboxylic acids is 1. The van der Waals surface area contributed by atoms with Crippen LogP contribution in [0.2, 0.25) is 0 Å². The Kier molecular flexibility index (Phi) is 8.35. The monoisotopic (exact) mass is 390 g/mol. The molecule has 0 aliphatic rings. The first kappa shape index (κ1) is 22.4. The first-order chi connectivity index (χ1) is 13.2. The summed E-state index contributed by atoms with van der Waals surface area (Å²) < 4.78 is 9.71. The van der Waals surface area contributed by atoms with E-state index in [1.165, 1.54) is 33.1 Å². The molecule has 0 aromatic carbocycles. The fourth-order valence-electron chi connectivity index (χ4n) is 1.98. The van der Waals surface area contributed by atoms with Gasteiger partial charge in [0.15, 0.2) is 5.69 Å². The van der Waals surface area contributed by atoms with E-state index in [9.17, 15) is 14.4 Å². The van der Waals surface area contributed by atoms with E-state index >= 15 is 0 Å². The highest BCUT2D eigenvalue weighted by Crippen LogP contribution is 2.18. The lowest BCUT2D eigenvalue weighted by Crippen LogP contribution is -2.12. The number of ether oxygens (including phenoxy) is 2. The lowest BCUT2D eigenvalue weighted by atomic mass is 10.3. The summed E-state index contributed by atoms with van der Waals surface area (Å²) in [6.07, 6.45) is 0. The smallest absolute Gasteiger partial charge is 0.356 e. The molecule has 0 aliphatic heterocycles. The fraction of sp³-hybridized carbons (Fsp3) is 0.278. The lowest BCUT2D eigenvalue weighted by molar-refractivity contribution is -0.115. The maximum Gasteiger partial charge on any atom is 0.356 e. The number of amides is 2. The number of aromatic nitrogens is 2. The summed E-state index contributed by atoms with van der Waals surface area (Å²) in [7, 11) is 2.94. The lowest BCUT2D eigenvalue weighted by Gasteiger charge is -2.06. The van der Waals surface area contributed by atoms with E-state index < -0.39 is 5.97 Å². The second kappa shape index (κ2) is 10.5. The van der Waals surface area contributed by atoms with Gasteiger partial charge in [-0.25, -0.2) is 14.8 Å². The van der Waals surface area contributed by atoms with Crippen LogP contribution in [0.5, 0.6) is 11.8 Å². The number of hydrogen-bond acceptors (Lipinski definition) is 7. The maximum atomic E-state index is 10.8. The van der Waals surface area contributed by atoms with Crippen LogP contribution in [0.15, 0.2) is 24.3 Å². The van der Waals surface area contributed by atoms with Crippen molar-refractivity contribution >= 4 is 29.2 Å². The highest BCUT2D eigenvalue weighted by Gasteiger charge is 2.14. The number of pyridine rings is 2. The third-order valence-corrected chi connectivity index (χ3v) is 3.17. The molecule has 2 heterocycles. The summed E-state index contributed by atoms with van der Waals surface area (Å²) >= 11 is 0. The van der Waals surface area contributed by atoms with Crippen LogP contribution >= 0.6 is 0 Å². The van der Waals surface area contributed by atoms with Crippen molar-refractivity contribution in [3.63, 3.8) is 0 Å². The Balaban J connectivity index is 0.000000283. The Morgan fingerprint density at radius 2 is 1.32 bits per heavy atom. The van der Waals surface area contributed by atoms with Crippen molar-refractivity contribution in [3.8, 4) is 11.8 Å². The average Bonchev–Trinajstić information content (AvgIpc) is 2.63. The minimum absolute atomic E-state index is 0.102. The normalized spacial score (nSPS) is 9.46. The van der Waals surface area contributed by atoms with E-state index in [1.807, 2.05) is 6.92 Å². The van der Waals surface area contributed by atoms with E-state index in [0.29, 0.717) is 11.6 Å². The molecular weight excluding hydrogens is 368 g/mol. The third kappa shape index (κ3) is 6.90. The standard InChI is InChI=1S/C9H10N2O4.C9H12N2O2/c1-5(12)10-6-3-4-7(15-2)11-8(6)9(13)14;1-6-8(11-7(2)12)4-5-9(10-6)13-3/h3-4H,1-2H3,(H,10,12)(H,13,14);4-5H,1-3H3,(H,11,12). The number of aryl methyl sites for hydroxylation is 1. The molecule has 0 aliphatic carbocycles. The van der Waals surface area contributed by atoms with E-state index in [0.717, 1.165) is 5.69 Å². The van der Waals surface area contributed by atoms with Gasteiger partial charge in [-0.2, -0.15) is 0 Å². The molecule has 0 atom stereocenters. The van der Waals surface area contributed by atoms with Gasteiger partial charge in [0.25, 0.3) is 0 Å². The van der Waals surface area contributed by atoms with Gasteiger partial charge in [-0.05, 0) is 19.1 Å². The second-order valence-electron chi connectivity index (χ2n) is 5.40. The maximum absolute atomic E-state index is 10.8. The molecule has 2 amide bonds. The number of hydrogen-bond donors (Lipinski definition) is 3. The van der Waals surface area contributed by atoms with Crippen molar-refractivity contribution in [2.75, 3.05) is 24.9 Å². The van der Waals surface area contributed by atoms with Gasteiger partial charge in [-0.1, -0.05) is 0 Å². The Labute approximate surface area is 161 Å². The van der Waals surface area contributed by atoms with Crippen LogP contribution in [0, 0.1) is 6.92 Å². The average molecular weight is 390 g/mol. The summed E-state index contributed by atoms with van der Waals surface area (Å²) in [4.78, 5) is 40.1. The summed E-state index contributed by atoms with van der Waals surface area (Å²) in [5.74, 6) is -0.953. The first-order valence-corrected chi connectivity index (χ1v) is 8.03. The zero-order valence-corrected chi connectivity index (χ0v) is 16.2. The predicted octanol–water partition coefficient (Wildman–Crippen LogP) is 2.10. The highest BCUT2D eigenvalue weighted by molar-refractivity contribution is 5.98. The van der Waals surface area contributed by atoms with Gasteiger partial charge >= 0.3 is 5.97 Å². The number of methoxy groups -OCH3 is 2. The third-order valence-electron chi connectivity index (χ3n) is 3.17. The number of carboxylic acid groups (broad SMARTS) is 1. The van der Waals surface area contributed by atoms with Crippen LogP contribution < -0.4 is 20.1 Å². The Morgan fingerprint density at radius 1 is 0.857 bits per heavy atom. The molecule has 0 saturated heterocycles. The Morgan fingerprint density at radius 3 is 1.75 bits per heavy atom. The molecule has 2 aromatic heterocycles. The molecule has 10 heteroatoms. The molecule has 2 aromatic rings. The SMILES string of the molecule is COc1ccc(NC(C)=O)c(C(=O)O)n1.COc1ccc(NC(C)=O)c(C)n1. The molecule has 150 valence electrons. The van der Waals surface area contributed by atoms with Gasteiger partial charge in [0, 0.05) is 26.0 Å². The van der Waals surface area contributed by atoms with Gasteiger partial charge < -0.3 is 25.2 Å². The second-order valence-corrected chi connectivity index (χ2v) is 5.40. The molecule has 28 heavy (non-hydrogen) atoms. The van der Waals surface area contributed by atoms with Gasteiger partial charge in [0.2, 0.25) is 23.6 Å². The summed E-state index contributed by atoms with van der Waals surface area (Å²) in [5.41, 5.74) is 1.36. The quantitative estimate of drug-likeness (QED) is 0.705. The predicted molar refractivity (Wildman–Crippen MR) is 102 cm³/mol. The van der Waals surface area contributed by atoms with Crippen molar-refractivity contribution in [2.45, 2.75) is 20.8 Å². The van der Waals surface area contributed by atoms with Crippen LogP contribution in [0.25, 0.3) is 0 Å². The van der Waals surface area contributed by atoms with Gasteiger partial charge in [-0.3, -0.25) is 9.59 Å². The van der Waals surface area contributed by atoms with Crippen molar-refractivity contribution < 1.29 is 29.0 Å². The number of rotatable bonds is 5. The van der Waals surface area contributed by atoms with Crippen molar-refractivity contribution in [2.24, 2.45) is 0 Å². The topological polar surface area (TPSA) is 140 Å². The molecule has 0 radical (unpaired) electrons. The number of anilines is 2. The van der Waals surface area contributed by atoms with Crippen LogP contribution in [-0.2, 0) is 9.59 Å². The van der Waals surface area contributed by atoms with Gasteiger partial charge in [0.1, 0.15) is 0 Å². The van der Waals surface area contributed by atoms with E-state index in [1.54, 1.807) is 19.2 Å². The molecule has 2 rings (SSSR count). The molecule has 0 spiro atoms. The molecule has 0 unspecified atom stereocenters. The van der Waals surface area contributed by atoms with Gasteiger partial charge in [-0.15, -0.1) is 0 Å². The van der Waals surface area contributed by atoms with E-state index in [-0.39, 0.29) is 29.1 Å². The van der Waals surface area contributed by atoms with Crippen LogP contribution in [0.3, 0.4) is 0 Å². The largest absolute Gasteiger partial charge is 0.481 e. The zero-order valence-electron chi connectivity index (χ0n) is 16.2. The number of nitrogens with zero attached hydrogens (tertiary/aromatic N) is 2.